The maximum absolute atomic E-state index is 9.50. The third-order valence-electron chi connectivity index (χ3n) is 5.01. The number of aliphatic hydroxyl groups excluding tert-OH is 1. The largest absolute Gasteiger partial charge is 0.394 e. The Labute approximate surface area is 119 Å². The van der Waals surface area contributed by atoms with Gasteiger partial charge in [-0.05, 0) is 45.1 Å². The molecule has 2 N–H and O–H groups in total. The van der Waals surface area contributed by atoms with Crippen molar-refractivity contribution in [3.63, 3.8) is 0 Å². The summed E-state index contributed by atoms with van der Waals surface area (Å²) < 4.78 is 6.11. The van der Waals surface area contributed by atoms with Gasteiger partial charge in [-0.1, -0.05) is 33.1 Å². The number of hydrogen-bond donors (Lipinski definition) is 2. The highest BCUT2D eigenvalue weighted by Gasteiger charge is 2.26. The van der Waals surface area contributed by atoms with E-state index in [2.05, 4.69) is 19.2 Å². The van der Waals surface area contributed by atoms with Crippen molar-refractivity contribution in [1.82, 2.24) is 5.32 Å². The minimum atomic E-state index is -0.111. The highest BCUT2D eigenvalue weighted by molar-refractivity contribution is 4.84. The monoisotopic (exact) mass is 271 g/mol. The molecule has 0 saturated heterocycles. The van der Waals surface area contributed by atoms with Crippen LogP contribution in [0.1, 0.15) is 65.2 Å². The Morgan fingerprint density at radius 3 is 2.58 bits per heavy atom. The lowest BCUT2D eigenvalue weighted by Gasteiger charge is -2.33. The van der Waals surface area contributed by atoms with Crippen LogP contribution in [0.25, 0.3) is 0 Å². The molecule has 3 atom stereocenters. The Kier molecular flexibility index (Phi) is 7.96. The van der Waals surface area contributed by atoms with Gasteiger partial charge in [-0.25, -0.2) is 0 Å². The van der Waals surface area contributed by atoms with Gasteiger partial charge in [0.25, 0.3) is 0 Å². The number of ether oxygens (including phenoxy) is 1. The maximum atomic E-state index is 9.50. The van der Waals surface area contributed by atoms with E-state index in [4.69, 9.17) is 4.74 Å². The maximum Gasteiger partial charge on any atom is 0.0613 e. The van der Waals surface area contributed by atoms with Crippen LogP contribution in [-0.4, -0.2) is 37.0 Å². The van der Waals surface area contributed by atoms with Crippen LogP contribution in [0.4, 0.5) is 0 Å². The molecule has 1 saturated carbocycles. The molecule has 0 aromatic heterocycles. The molecule has 0 amide bonds. The fourth-order valence-electron chi connectivity index (χ4n) is 3.25. The number of hydrogen-bond acceptors (Lipinski definition) is 3. The van der Waals surface area contributed by atoms with Crippen molar-refractivity contribution in [2.75, 3.05) is 20.3 Å². The molecule has 0 heterocycles. The zero-order valence-corrected chi connectivity index (χ0v) is 13.1. The third kappa shape index (κ3) is 5.05. The molecule has 0 aromatic carbocycles. The second-order valence-corrected chi connectivity index (χ2v) is 6.01. The molecule has 3 unspecified atom stereocenters. The highest BCUT2D eigenvalue weighted by Crippen LogP contribution is 2.29. The standard InChI is InChI=1S/C16H33NO2/c1-4-14-9-6-7-10-15(14)19-12-8-11-16(5-2,13-18)17-3/h14-15,17-18H,4-13H2,1-3H3. The molecule has 0 spiro atoms. The molecule has 0 bridgehead atoms. The van der Waals surface area contributed by atoms with E-state index < -0.39 is 0 Å². The topological polar surface area (TPSA) is 41.5 Å². The van der Waals surface area contributed by atoms with Gasteiger partial charge < -0.3 is 15.2 Å². The zero-order valence-electron chi connectivity index (χ0n) is 13.1. The lowest BCUT2D eigenvalue weighted by atomic mass is 9.84. The number of rotatable bonds is 9. The molecule has 0 aromatic rings. The van der Waals surface area contributed by atoms with Gasteiger partial charge in [0, 0.05) is 12.1 Å². The zero-order chi connectivity index (χ0) is 14.1. The van der Waals surface area contributed by atoms with Crippen molar-refractivity contribution in [2.24, 2.45) is 5.92 Å². The summed E-state index contributed by atoms with van der Waals surface area (Å²) in [4.78, 5) is 0. The molecule has 3 nitrogen and oxygen atoms in total. The Morgan fingerprint density at radius 2 is 2.00 bits per heavy atom. The summed E-state index contributed by atoms with van der Waals surface area (Å²) in [5, 5.41) is 12.8. The molecule has 0 radical (unpaired) electrons. The third-order valence-corrected chi connectivity index (χ3v) is 5.01. The number of likely N-dealkylation sites (N-methyl/N-ethyl adjacent to an activating group) is 1. The van der Waals surface area contributed by atoms with Crippen LogP contribution in [-0.2, 0) is 4.74 Å². The quantitative estimate of drug-likeness (QED) is 0.633. The smallest absolute Gasteiger partial charge is 0.0613 e. The fourth-order valence-corrected chi connectivity index (χ4v) is 3.25. The van der Waals surface area contributed by atoms with Crippen LogP contribution in [0.2, 0.25) is 0 Å². The Bertz CT molecular complexity index is 221. The number of nitrogens with one attached hydrogen (secondary N) is 1. The molecule has 19 heavy (non-hydrogen) atoms. The van der Waals surface area contributed by atoms with Crippen LogP contribution in [0.15, 0.2) is 0 Å². The van der Waals surface area contributed by atoms with E-state index in [1.54, 1.807) is 0 Å². The molecular weight excluding hydrogens is 238 g/mol. The van der Waals surface area contributed by atoms with Crippen molar-refractivity contribution in [3.05, 3.63) is 0 Å². The first kappa shape index (κ1) is 16.9. The van der Waals surface area contributed by atoms with Gasteiger partial charge in [0.2, 0.25) is 0 Å². The van der Waals surface area contributed by atoms with Crippen molar-refractivity contribution in [3.8, 4) is 0 Å². The summed E-state index contributed by atoms with van der Waals surface area (Å²) in [7, 11) is 1.94. The Morgan fingerprint density at radius 1 is 1.26 bits per heavy atom. The SMILES string of the molecule is CCC1CCCCC1OCCCC(CC)(CO)NC. The van der Waals surface area contributed by atoms with E-state index in [1.165, 1.54) is 32.1 Å². The number of aliphatic hydroxyl groups is 1. The van der Waals surface area contributed by atoms with Gasteiger partial charge in [-0.15, -0.1) is 0 Å². The van der Waals surface area contributed by atoms with E-state index >= 15 is 0 Å². The van der Waals surface area contributed by atoms with E-state index in [0.29, 0.717) is 6.10 Å². The minimum absolute atomic E-state index is 0.111. The predicted molar refractivity (Wildman–Crippen MR) is 80.4 cm³/mol. The summed E-state index contributed by atoms with van der Waals surface area (Å²) >= 11 is 0. The fraction of sp³-hybridized carbons (Fsp3) is 1.00. The lowest BCUT2D eigenvalue weighted by Crippen LogP contribution is -2.46. The molecule has 1 rings (SSSR count). The molecule has 1 fully saturated rings. The van der Waals surface area contributed by atoms with Crippen LogP contribution >= 0.6 is 0 Å². The summed E-state index contributed by atoms with van der Waals surface area (Å²) in [5.74, 6) is 0.770. The summed E-state index contributed by atoms with van der Waals surface area (Å²) in [6, 6.07) is 0. The summed E-state index contributed by atoms with van der Waals surface area (Å²) in [6.45, 7) is 5.45. The molecule has 114 valence electrons. The van der Waals surface area contributed by atoms with Crippen LogP contribution in [0.3, 0.4) is 0 Å². The van der Waals surface area contributed by atoms with Gasteiger partial charge in [0.05, 0.1) is 12.7 Å². The second-order valence-electron chi connectivity index (χ2n) is 6.01. The first-order valence-electron chi connectivity index (χ1n) is 8.12. The Hall–Kier alpha value is -0.120. The van der Waals surface area contributed by atoms with Gasteiger partial charge in [-0.2, -0.15) is 0 Å². The van der Waals surface area contributed by atoms with Gasteiger partial charge in [0.15, 0.2) is 0 Å². The van der Waals surface area contributed by atoms with Crippen LogP contribution in [0, 0.1) is 5.92 Å². The molecule has 3 heteroatoms. The molecule has 0 aliphatic heterocycles. The summed E-state index contributed by atoms with van der Waals surface area (Å²) in [6.07, 6.45) is 9.99. The summed E-state index contributed by atoms with van der Waals surface area (Å²) in [5.41, 5.74) is -0.111. The van der Waals surface area contributed by atoms with E-state index in [9.17, 15) is 5.11 Å². The van der Waals surface area contributed by atoms with Crippen molar-refractivity contribution < 1.29 is 9.84 Å². The second kappa shape index (κ2) is 8.93. The predicted octanol–water partition coefficient (Wildman–Crippen LogP) is 3.11. The molecule has 1 aliphatic rings. The average molecular weight is 271 g/mol. The van der Waals surface area contributed by atoms with Crippen molar-refractivity contribution in [2.45, 2.75) is 76.9 Å². The Balaban J connectivity index is 2.25. The first-order chi connectivity index (χ1) is 9.21. The minimum Gasteiger partial charge on any atom is -0.394 e. The van der Waals surface area contributed by atoms with E-state index in [1.807, 2.05) is 7.05 Å². The normalized spacial score (nSPS) is 27.2. The van der Waals surface area contributed by atoms with Gasteiger partial charge >= 0.3 is 0 Å². The van der Waals surface area contributed by atoms with Crippen molar-refractivity contribution >= 4 is 0 Å². The molecule has 1 aliphatic carbocycles. The van der Waals surface area contributed by atoms with E-state index in [-0.39, 0.29) is 12.1 Å². The van der Waals surface area contributed by atoms with Crippen molar-refractivity contribution in [1.29, 1.82) is 0 Å². The first-order valence-corrected chi connectivity index (χ1v) is 8.12. The van der Waals surface area contributed by atoms with E-state index in [0.717, 1.165) is 31.8 Å². The molecular formula is C16H33NO2. The van der Waals surface area contributed by atoms with Gasteiger partial charge in [-0.3, -0.25) is 0 Å². The average Bonchev–Trinajstić information content (AvgIpc) is 2.48. The lowest BCUT2D eigenvalue weighted by molar-refractivity contribution is -0.0164. The van der Waals surface area contributed by atoms with Crippen LogP contribution < -0.4 is 5.32 Å². The van der Waals surface area contributed by atoms with Gasteiger partial charge in [0.1, 0.15) is 0 Å². The highest BCUT2D eigenvalue weighted by atomic mass is 16.5. The van der Waals surface area contributed by atoms with Crippen LogP contribution in [0.5, 0.6) is 0 Å².